The minimum absolute atomic E-state index is 0.00289. The van der Waals surface area contributed by atoms with Gasteiger partial charge in [0.05, 0.1) is 0 Å². The Morgan fingerprint density at radius 2 is 1.94 bits per heavy atom. The van der Waals surface area contributed by atoms with Gasteiger partial charge in [0.2, 0.25) is 5.91 Å². The Bertz CT molecular complexity index is 281. The van der Waals surface area contributed by atoms with Gasteiger partial charge in [-0.2, -0.15) is 0 Å². The van der Waals surface area contributed by atoms with E-state index in [1.807, 2.05) is 0 Å². The van der Waals surface area contributed by atoms with E-state index in [0.29, 0.717) is 0 Å². The minimum Gasteiger partial charge on any atom is -0.479 e. The number of rotatable bonds is 6. The number of carbonyl (C=O) groups is 3. The number of hydrogen-bond donors (Lipinski definition) is 5. The van der Waals surface area contributed by atoms with E-state index in [2.05, 4.69) is 10.6 Å². The number of aliphatic hydroxyl groups excluding tert-OH is 1. The molecule has 8 nitrogen and oxygen atoms in total. The number of hydrogen-bond acceptors (Lipinski definition) is 4. The van der Waals surface area contributed by atoms with Gasteiger partial charge in [-0.15, -0.1) is 0 Å². The molecule has 0 aromatic rings. The van der Waals surface area contributed by atoms with Crippen molar-refractivity contribution >= 4 is 17.9 Å². The molecule has 16 heavy (non-hydrogen) atoms. The van der Waals surface area contributed by atoms with E-state index in [9.17, 15) is 14.4 Å². The molecule has 0 aromatic heterocycles. The van der Waals surface area contributed by atoms with Crippen LogP contribution in [0.3, 0.4) is 0 Å². The summed E-state index contributed by atoms with van der Waals surface area (Å²) in [5.41, 5.74) is 4.80. The molecule has 0 rings (SSSR count). The van der Waals surface area contributed by atoms with Crippen LogP contribution in [0.2, 0.25) is 0 Å². The highest BCUT2D eigenvalue weighted by molar-refractivity contribution is 5.86. The second-order valence-electron chi connectivity index (χ2n) is 3.16. The second kappa shape index (κ2) is 6.62. The molecule has 0 aromatic carbocycles. The zero-order valence-corrected chi connectivity index (χ0v) is 8.77. The number of amides is 3. The number of nitrogens with two attached hydrogens (primary N) is 1. The molecule has 0 aliphatic rings. The molecular formula is C8H15N3O5. The maximum absolute atomic E-state index is 11.2. The lowest BCUT2D eigenvalue weighted by atomic mass is 10.2. The van der Waals surface area contributed by atoms with Crippen LogP contribution in [0, 0.1) is 0 Å². The number of aliphatic carboxylic acids is 1. The largest absolute Gasteiger partial charge is 0.479 e. The lowest BCUT2D eigenvalue weighted by Crippen LogP contribution is -2.47. The first-order chi connectivity index (χ1) is 7.34. The highest BCUT2D eigenvalue weighted by atomic mass is 16.4. The molecule has 0 heterocycles. The molecule has 0 bridgehead atoms. The van der Waals surface area contributed by atoms with Gasteiger partial charge in [-0.05, 0) is 6.92 Å². The van der Waals surface area contributed by atoms with Crippen LogP contribution in [0.25, 0.3) is 0 Å². The average molecular weight is 233 g/mol. The molecule has 8 heteroatoms. The van der Waals surface area contributed by atoms with Crippen molar-refractivity contribution in [3.8, 4) is 0 Å². The van der Waals surface area contributed by atoms with Gasteiger partial charge in [0.15, 0.2) is 6.10 Å². The average Bonchev–Trinajstić information content (AvgIpc) is 2.15. The number of carbonyl (C=O) groups excluding carboxylic acids is 2. The lowest BCUT2D eigenvalue weighted by molar-refractivity contribution is -0.147. The molecule has 0 spiro atoms. The summed E-state index contributed by atoms with van der Waals surface area (Å²) in [5, 5.41) is 21.7. The molecule has 2 unspecified atom stereocenters. The summed E-state index contributed by atoms with van der Waals surface area (Å²) in [6.07, 6.45) is -1.62. The van der Waals surface area contributed by atoms with Gasteiger partial charge in [-0.25, -0.2) is 9.59 Å². The molecule has 3 amide bonds. The van der Waals surface area contributed by atoms with E-state index in [4.69, 9.17) is 15.9 Å². The minimum atomic E-state index is -1.51. The van der Waals surface area contributed by atoms with Gasteiger partial charge in [-0.3, -0.25) is 4.79 Å². The fourth-order valence-electron chi connectivity index (χ4n) is 0.888. The van der Waals surface area contributed by atoms with E-state index < -0.39 is 30.1 Å². The van der Waals surface area contributed by atoms with Crippen molar-refractivity contribution in [3.63, 3.8) is 0 Å². The first kappa shape index (κ1) is 14.2. The Morgan fingerprint density at radius 1 is 1.38 bits per heavy atom. The first-order valence-electron chi connectivity index (χ1n) is 4.59. The van der Waals surface area contributed by atoms with Crippen LogP contribution in [0.5, 0.6) is 0 Å². The molecule has 92 valence electrons. The van der Waals surface area contributed by atoms with Crippen molar-refractivity contribution in [3.05, 3.63) is 0 Å². The van der Waals surface area contributed by atoms with E-state index in [-0.39, 0.29) is 13.0 Å². The van der Waals surface area contributed by atoms with Crippen LogP contribution in [0.4, 0.5) is 4.79 Å². The van der Waals surface area contributed by atoms with Crippen LogP contribution in [0.15, 0.2) is 0 Å². The smallest absolute Gasteiger partial charge is 0.332 e. The van der Waals surface area contributed by atoms with Crippen LogP contribution in [-0.4, -0.2) is 46.8 Å². The molecule has 0 saturated heterocycles. The van der Waals surface area contributed by atoms with Crippen molar-refractivity contribution in [2.24, 2.45) is 5.73 Å². The highest BCUT2D eigenvalue weighted by Crippen LogP contribution is 1.90. The first-order valence-corrected chi connectivity index (χ1v) is 4.59. The summed E-state index contributed by atoms with van der Waals surface area (Å²) in [6, 6.07) is -1.63. The van der Waals surface area contributed by atoms with Gasteiger partial charge in [0.25, 0.3) is 0 Å². The second-order valence-corrected chi connectivity index (χ2v) is 3.16. The van der Waals surface area contributed by atoms with Gasteiger partial charge < -0.3 is 26.6 Å². The SMILES string of the molecule is CC(NC(N)=O)C(=O)NCCC(O)C(=O)O. The Kier molecular flexibility index (Phi) is 5.86. The number of primary amides is 1. The topological polar surface area (TPSA) is 142 Å². The van der Waals surface area contributed by atoms with Crippen LogP contribution >= 0.6 is 0 Å². The van der Waals surface area contributed by atoms with Gasteiger partial charge >= 0.3 is 12.0 Å². The van der Waals surface area contributed by atoms with Crippen molar-refractivity contribution < 1.29 is 24.6 Å². The van der Waals surface area contributed by atoms with Crippen molar-refractivity contribution in [1.29, 1.82) is 0 Å². The van der Waals surface area contributed by atoms with E-state index in [1.165, 1.54) is 6.92 Å². The zero-order valence-electron chi connectivity index (χ0n) is 8.77. The summed E-state index contributed by atoms with van der Waals surface area (Å²) in [5.74, 6) is -1.85. The quantitative estimate of drug-likeness (QED) is 0.360. The molecule has 0 radical (unpaired) electrons. The normalized spacial score (nSPS) is 13.6. The molecular weight excluding hydrogens is 218 g/mol. The maximum Gasteiger partial charge on any atom is 0.332 e. The molecule has 0 aliphatic heterocycles. The summed E-state index contributed by atoms with van der Waals surface area (Å²) in [4.78, 5) is 31.8. The Balaban J connectivity index is 3.81. The Morgan fingerprint density at radius 3 is 2.38 bits per heavy atom. The number of urea groups is 1. The molecule has 0 aliphatic carbocycles. The predicted octanol–water partition coefficient (Wildman–Crippen LogP) is -2.00. The third-order valence-corrected chi connectivity index (χ3v) is 1.75. The lowest BCUT2D eigenvalue weighted by Gasteiger charge is -2.12. The van der Waals surface area contributed by atoms with E-state index >= 15 is 0 Å². The Labute approximate surface area is 91.8 Å². The third kappa shape index (κ3) is 5.81. The molecule has 0 saturated carbocycles. The van der Waals surface area contributed by atoms with Crippen molar-refractivity contribution in [2.45, 2.75) is 25.5 Å². The highest BCUT2D eigenvalue weighted by Gasteiger charge is 2.16. The van der Waals surface area contributed by atoms with Gasteiger partial charge in [0, 0.05) is 13.0 Å². The third-order valence-electron chi connectivity index (χ3n) is 1.75. The predicted molar refractivity (Wildman–Crippen MR) is 53.5 cm³/mol. The monoisotopic (exact) mass is 233 g/mol. The van der Waals surface area contributed by atoms with Crippen LogP contribution in [-0.2, 0) is 9.59 Å². The van der Waals surface area contributed by atoms with E-state index in [0.717, 1.165) is 0 Å². The molecule has 2 atom stereocenters. The maximum atomic E-state index is 11.2. The zero-order chi connectivity index (χ0) is 12.7. The molecule has 6 N–H and O–H groups in total. The van der Waals surface area contributed by atoms with Gasteiger partial charge in [-0.1, -0.05) is 0 Å². The summed E-state index contributed by atoms with van der Waals surface area (Å²) in [7, 11) is 0. The Hall–Kier alpha value is -1.83. The number of carboxylic acid groups (broad SMARTS) is 1. The van der Waals surface area contributed by atoms with Gasteiger partial charge in [0.1, 0.15) is 6.04 Å². The number of aliphatic hydroxyl groups is 1. The van der Waals surface area contributed by atoms with Crippen LogP contribution in [0.1, 0.15) is 13.3 Å². The molecule has 0 fully saturated rings. The van der Waals surface area contributed by atoms with Crippen molar-refractivity contribution in [1.82, 2.24) is 10.6 Å². The number of carboxylic acids is 1. The fraction of sp³-hybridized carbons (Fsp3) is 0.625. The van der Waals surface area contributed by atoms with Crippen molar-refractivity contribution in [2.75, 3.05) is 6.54 Å². The standard InChI is InChI=1S/C8H15N3O5/c1-4(11-8(9)16)6(13)10-3-2-5(12)7(14)15/h4-5,12H,2-3H2,1H3,(H,10,13)(H,14,15)(H3,9,11,16). The fourth-order valence-corrected chi connectivity index (χ4v) is 0.888. The summed E-state index contributed by atoms with van der Waals surface area (Å²) in [6.45, 7) is 1.42. The van der Waals surface area contributed by atoms with E-state index in [1.54, 1.807) is 0 Å². The van der Waals surface area contributed by atoms with Crippen LogP contribution < -0.4 is 16.4 Å². The summed E-state index contributed by atoms with van der Waals surface area (Å²) >= 11 is 0. The summed E-state index contributed by atoms with van der Waals surface area (Å²) < 4.78 is 0. The number of nitrogens with one attached hydrogen (secondary N) is 2.